The van der Waals surface area contributed by atoms with Crippen molar-refractivity contribution in [2.75, 3.05) is 23.7 Å². The number of anilines is 1. The number of thiophene rings is 1. The first kappa shape index (κ1) is 20.1. The number of amides is 1. The predicted octanol–water partition coefficient (Wildman–Crippen LogP) is 3.68. The molecule has 31 heavy (non-hydrogen) atoms. The Kier molecular flexibility index (Phi) is 5.19. The monoisotopic (exact) mass is 457 g/mol. The molecule has 2 unspecified atom stereocenters. The number of halogens is 2. The van der Waals surface area contributed by atoms with Gasteiger partial charge in [-0.15, -0.1) is 11.3 Å². The van der Waals surface area contributed by atoms with Crippen molar-refractivity contribution in [2.24, 2.45) is 10.9 Å². The summed E-state index contributed by atoms with van der Waals surface area (Å²) < 4.78 is 27.2. The number of carbonyl (C=O) groups is 1. The normalized spacial score (nSPS) is 22.7. The number of thioether (sulfide) groups is 1. The number of rotatable bonds is 3. The van der Waals surface area contributed by atoms with Gasteiger partial charge >= 0.3 is 0 Å². The molecule has 2 aromatic heterocycles. The van der Waals surface area contributed by atoms with E-state index in [9.17, 15) is 13.6 Å². The van der Waals surface area contributed by atoms with Crippen molar-refractivity contribution >= 4 is 40.1 Å². The van der Waals surface area contributed by atoms with E-state index in [2.05, 4.69) is 15.3 Å². The Labute approximate surface area is 185 Å². The highest BCUT2D eigenvalue weighted by atomic mass is 32.2. The molecular formula is C21H17F2N5OS2. The summed E-state index contributed by atoms with van der Waals surface area (Å²) in [6, 6.07) is 12.1. The number of hydrogen-bond donors (Lipinski definition) is 1. The molecule has 3 aromatic rings. The summed E-state index contributed by atoms with van der Waals surface area (Å²) in [5.41, 5.74) is -0.200. The van der Waals surface area contributed by atoms with E-state index < -0.39 is 11.4 Å². The van der Waals surface area contributed by atoms with Crippen molar-refractivity contribution in [1.29, 1.82) is 0 Å². The zero-order chi connectivity index (χ0) is 21.4. The molecule has 1 aromatic carbocycles. The Hall–Kier alpha value is -2.85. The van der Waals surface area contributed by atoms with Crippen molar-refractivity contribution in [3.8, 4) is 0 Å². The molecule has 1 N–H and O–H groups in total. The Morgan fingerprint density at radius 3 is 2.61 bits per heavy atom. The van der Waals surface area contributed by atoms with E-state index in [0.29, 0.717) is 35.5 Å². The largest absolute Gasteiger partial charge is 0.338 e. The molecule has 4 heterocycles. The lowest BCUT2D eigenvalue weighted by atomic mass is 9.87. The maximum absolute atomic E-state index is 13.9. The molecule has 2 atom stereocenters. The summed E-state index contributed by atoms with van der Waals surface area (Å²) >= 11 is 2.52. The number of hydrogen-bond acceptors (Lipinski definition) is 7. The van der Waals surface area contributed by atoms with Crippen LogP contribution < -0.4 is 10.2 Å². The molecule has 1 saturated heterocycles. The number of aromatic nitrogens is 2. The lowest BCUT2D eigenvalue weighted by Gasteiger charge is -2.34. The fourth-order valence-electron chi connectivity index (χ4n) is 3.94. The molecule has 0 aliphatic carbocycles. The fraction of sp³-hybridized carbons (Fsp3) is 0.238. The molecule has 158 valence electrons. The predicted molar refractivity (Wildman–Crippen MR) is 117 cm³/mol. The van der Waals surface area contributed by atoms with Gasteiger partial charge in [-0.05, 0) is 24.3 Å². The smallest absolute Gasteiger partial charge is 0.257 e. The van der Waals surface area contributed by atoms with Gasteiger partial charge in [-0.25, -0.2) is 19.4 Å². The molecule has 0 saturated carbocycles. The highest BCUT2D eigenvalue weighted by Crippen LogP contribution is 2.48. The van der Waals surface area contributed by atoms with E-state index >= 15 is 0 Å². The van der Waals surface area contributed by atoms with E-state index in [1.165, 1.54) is 17.8 Å². The minimum absolute atomic E-state index is 0.0570. The number of aliphatic imine (C=N–C) groups is 1. The van der Waals surface area contributed by atoms with Crippen LogP contribution in [0.5, 0.6) is 0 Å². The fourth-order valence-corrected chi connectivity index (χ4v) is 6.01. The van der Waals surface area contributed by atoms with Crippen LogP contribution in [0.4, 0.5) is 14.7 Å². The first-order valence-corrected chi connectivity index (χ1v) is 11.4. The van der Waals surface area contributed by atoms with Crippen LogP contribution >= 0.6 is 23.1 Å². The molecule has 1 amide bonds. The van der Waals surface area contributed by atoms with Crippen LogP contribution in [0.1, 0.15) is 15.2 Å². The van der Waals surface area contributed by atoms with Crippen molar-refractivity contribution in [2.45, 2.75) is 5.54 Å². The Balaban J connectivity index is 1.49. The molecule has 0 spiro atoms. The lowest BCUT2D eigenvalue weighted by Crippen LogP contribution is -2.42. The minimum atomic E-state index is -0.739. The summed E-state index contributed by atoms with van der Waals surface area (Å²) in [7, 11) is 0. The molecule has 1 fully saturated rings. The number of benzene rings is 1. The van der Waals surface area contributed by atoms with Gasteiger partial charge in [0, 0.05) is 28.7 Å². The Morgan fingerprint density at radius 1 is 1.13 bits per heavy atom. The van der Waals surface area contributed by atoms with Crippen LogP contribution in [-0.4, -0.2) is 39.9 Å². The highest BCUT2D eigenvalue weighted by molar-refractivity contribution is 8.13. The van der Waals surface area contributed by atoms with Crippen molar-refractivity contribution in [1.82, 2.24) is 15.3 Å². The Morgan fingerprint density at radius 2 is 1.90 bits per heavy atom. The number of amidine groups is 1. The van der Waals surface area contributed by atoms with Gasteiger partial charge < -0.3 is 10.2 Å². The SMILES string of the molecule is O=C(NC1=NC2(c3ccc(F)s3)CN(c3ncc(F)cn3)CC2CS1)c1ccccc1. The second-order valence-corrected chi connectivity index (χ2v) is 9.40. The number of nitrogens with zero attached hydrogens (tertiary/aromatic N) is 4. The van der Waals surface area contributed by atoms with E-state index in [1.54, 1.807) is 30.3 Å². The first-order valence-electron chi connectivity index (χ1n) is 9.61. The maximum Gasteiger partial charge on any atom is 0.257 e. The second-order valence-electron chi connectivity index (χ2n) is 7.35. The quantitative estimate of drug-likeness (QED) is 0.650. The van der Waals surface area contributed by atoms with Crippen LogP contribution in [0.2, 0.25) is 0 Å². The highest BCUT2D eigenvalue weighted by Gasteiger charge is 2.52. The van der Waals surface area contributed by atoms with E-state index in [1.807, 2.05) is 11.0 Å². The van der Waals surface area contributed by atoms with Crippen LogP contribution in [0.15, 0.2) is 59.9 Å². The molecule has 0 radical (unpaired) electrons. The Bertz CT molecular complexity index is 1140. The van der Waals surface area contributed by atoms with Gasteiger partial charge in [0.05, 0.1) is 18.9 Å². The van der Waals surface area contributed by atoms with E-state index in [4.69, 9.17) is 4.99 Å². The van der Waals surface area contributed by atoms with Crippen molar-refractivity contribution < 1.29 is 13.6 Å². The van der Waals surface area contributed by atoms with Gasteiger partial charge in [0.1, 0.15) is 5.54 Å². The third-order valence-electron chi connectivity index (χ3n) is 5.42. The zero-order valence-corrected chi connectivity index (χ0v) is 17.8. The molecule has 2 aliphatic rings. The van der Waals surface area contributed by atoms with Gasteiger partial charge in [0.2, 0.25) is 5.95 Å². The standard InChI is InChI=1S/C21H17F2N5OS2/c22-15-8-24-19(25-9-15)28-10-14-11-30-20(26-18(29)13-4-2-1-3-5-13)27-21(14,12-28)16-6-7-17(23)31-16/h1-9,14H,10-12H2,(H,26,27,29). The number of fused-ring (bicyclic) bond motifs is 1. The van der Waals surface area contributed by atoms with Gasteiger partial charge in [-0.3, -0.25) is 4.79 Å². The molecular weight excluding hydrogens is 440 g/mol. The summed E-state index contributed by atoms with van der Waals surface area (Å²) in [5, 5.41) is 3.11. The summed E-state index contributed by atoms with van der Waals surface area (Å²) in [5.74, 6) is 0.402. The van der Waals surface area contributed by atoms with Gasteiger partial charge in [-0.1, -0.05) is 30.0 Å². The van der Waals surface area contributed by atoms with Gasteiger partial charge in [0.15, 0.2) is 16.1 Å². The zero-order valence-electron chi connectivity index (χ0n) is 16.2. The topological polar surface area (TPSA) is 70.5 Å². The van der Waals surface area contributed by atoms with Gasteiger partial charge in [-0.2, -0.15) is 4.39 Å². The summed E-state index contributed by atoms with van der Waals surface area (Å²) in [6.45, 7) is 1.01. The molecule has 2 aliphatic heterocycles. The van der Waals surface area contributed by atoms with Crippen LogP contribution in [0.25, 0.3) is 0 Å². The number of nitrogens with one attached hydrogen (secondary N) is 1. The van der Waals surface area contributed by atoms with Crippen LogP contribution in [0.3, 0.4) is 0 Å². The third kappa shape index (κ3) is 3.81. The second kappa shape index (κ2) is 8.01. The molecule has 6 nitrogen and oxygen atoms in total. The van der Waals surface area contributed by atoms with Crippen LogP contribution in [-0.2, 0) is 5.54 Å². The average Bonchev–Trinajstić information content (AvgIpc) is 3.39. The molecule has 5 rings (SSSR count). The lowest BCUT2D eigenvalue weighted by molar-refractivity contribution is 0.0977. The summed E-state index contributed by atoms with van der Waals surface area (Å²) in [6.07, 6.45) is 2.26. The molecule has 0 bridgehead atoms. The van der Waals surface area contributed by atoms with Crippen molar-refractivity contribution in [3.63, 3.8) is 0 Å². The van der Waals surface area contributed by atoms with Gasteiger partial charge in [0.25, 0.3) is 5.91 Å². The maximum atomic E-state index is 13.9. The number of carbonyl (C=O) groups excluding carboxylic acids is 1. The first-order chi connectivity index (χ1) is 15.0. The molecule has 10 heteroatoms. The average molecular weight is 458 g/mol. The van der Waals surface area contributed by atoms with Crippen molar-refractivity contribution in [3.05, 3.63) is 76.2 Å². The van der Waals surface area contributed by atoms with E-state index in [-0.39, 0.29) is 17.0 Å². The van der Waals surface area contributed by atoms with E-state index in [0.717, 1.165) is 28.6 Å². The van der Waals surface area contributed by atoms with Crippen LogP contribution in [0, 0.1) is 16.9 Å². The summed E-state index contributed by atoms with van der Waals surface area (Å²) in [4.78, 5) is 28.5. The third-order valence-corrected chi connectivity index (χ3v) is 7.49. The minimum Gasteiger partial charge on any atom is -0.338 e.